The molecule has 0 spiro atoms. The van der Waals surface area contributed by atoms with Crippen LogP contribution in [-0.2, 0) is 10.0 Å². The lowest BCUT2D eigenvalue weighted by molar-refractivity contribution is 0.598. The lowest BCUT2D eigenvalue weighted by Crippen LogP contribution is -2.15. The van der Waals surface area contributed by atoms with E-state index in [1.54, 1.807) is 19.2 Å². The first-order valence-corrected chi connectivity index (χ1v) is 5.14. The number of hydrazine groups is 1. The molecule has 0 aromatic heterocycles. The van der Waals surface area contributed by atoms with Crippen molar-refractivity contribution >= 4 is 15.7 Å². The van der Waals surface area contributed by atoms with Gasteiger partial charge in [-0.15, -0.1) is 0 Å². The third-order valence-corrected chi connectivity index (χ3v) is 2.38. The molecule has 5 nitrogen and oxygen atoms in total. The van der Waals surface area contributed by atoms with Crippen LogP contribution in [0.15, 0.2) is 29.2 Å². The molecule has 1 aromatic rings. The van der Waals surface area contributed by atoms with Gasteiger partial charge in [-0.1, -0.05) is 0 Å². The fraction of sp³-hybridized carbons (Fsp3) is 0.143. The summed E-state index contributed by atoms with van der Waals surface area (Å²) in [5, 5.41) is 4.92. The Bertz CT molecular complexity index is 371. The summed E-state index contributed by atoms with van der Waals surface area (Å²) < 4.78 is 21.7. The topological polar surface area (TPSA) is 84.2 Å². The van der Waals surface area contributed by atoms with E-state index in [2.05, 4.69) is 10.9 Å². The average Bonchev–Trinajstić information content (AvgIpc) is 2.04. The van der Waals surface area contributed by atoms with Crippen molar-refractivity contribution in [2.24, 2.45) is 5.14 Å². The number of anilines is 1. The molecule has 0 fully saturated rings. The summed E-state index contributed by atoms with van der Waals surface area (Å²) in [5.41, 5.74) is 6.29. The highest BCUT2D eigenvalue weighted by Crippen LogP contribution is 2.11. The molecule has 1 aromatic carbocycles. The Morgan fingerprint density at radius 2 is 1.77 bits per heavy atom. The predicted molar refractivity (Wildman–Crippen MR) is 50.5 cm³/mol. The van der Waals surface area contributed by atoms with Crippen molar-refractivity contribution < 1.29 is 8.42 Å². The van der Waals surface area contributed by atoms with Gasteiger partial charge in [-0.05, 0) is 24.3 Å². The molecule has 0 amide bonds. The van der Waals surface area contributed by atoms with E-state index in [4.69, 9.17) is 5.14 Å². The van der Waals surface area contributed by atoms with E-state index in [-0.39, 0.29) is 4.90 Å². The zero-order valence-corrected chi connectivity index (χ0v) is 7.93. The maximum absolute atomic E-state index is 10.8. The van der Waals surface area contributed by atoms with Crippen LogP contribution in [0, 0.1) is 0 Å². The Morgan fingerprint density at radius 3 is 2.15 bits per heavy atom. The molecule has 0 radical (unpaired) electrons. The van der Waals surface area contributed by atoms with E-state index in [0.717, 1.165) is 5.69 Å². The van der Waals surface area contributed by atoms with Gasteiger partial charge in [0.2, 0.25) is 10.0 Å². The summed E-state index contributed by atoms with van der Waals surface area (Å²) in [6, 6.07) is 6.12. The molecule has 1 rings (SSSR count). The van der Waals surface area contributed by atoms with Crippen LogP contribution < -0.4 is 16.0 Å². The quantitative estimate of drug-likeness (QED) is 0.595. The SMILES string of the molecule is CNNc1ccc(S(N)(=O)=O)cc1. The fourth-order valence-corrected chi connectivity index (χ4v) is 1.39. The van der Waals surface area contributed by atoms with Gasteiger partial charge in [-0.3, -0.25) is 0 Å². The maximum atomic E-state index is 10.8. The van der Waals surface area contributed by atoms with Gasteiger partial charge in [-0.2, -0.15) is 0 Å². The summed E-state index contributed by atoms with van der Waals surface area (Å²) in [6.45, 7) is 0. The Labute approximate surface area is 77.0 Å². The number of hydrogen-bond acceptors (Lipinski definition) is 4. The molecule has 6 heteroatoms. The van der Waals surface area contributed by atoms with E-state index in [1.165, 1.54) is 12.1 Å². The van der Waals surface area contributed by atoms with Crippen LogP contribution in [0.3, 0.4) is 0 Å². The van der Waals surface area contributed by atoms with Gasteiger partial charge in [-0.25, -0.2) is 19.0 Å². The molecule has 0 unspecified atom stereocenters. The average molecular weight is 201 g/mol. The lowest BCUT2D eigenvalue weighted by atomic mass is 10.3. The number of sulfonamides is 1. The van der Waals surface area contributed by atoms with Gasteiger partial charge in [0, 0.05) is 12.7 Å². The smallest absolute Gasteiger partial charge is 0.238 e. The number of rotatable bonds is 3. The third-order valence-electron chi connectivity index (χ3n) is 1.45. The minimum Gasteiger partial charge on any atom is -0.322 e. The van der Waals surface area contributed by atoms with E-state index < -0.39 is 10.0 Å². The third kappa shape index (κ3) is 2.69. The van der Waals surface area contributed by atoms with Crippen LogP contribution in [-0.4, -0.2) is 15.5 Å². The van der Waals surface area contributed by atoms with Crippen LogP contribution in [0.25, 0.3) is 0 Å². The first kappa shape index (κ1) is 9.97. The summed E-state index contributed by atoms with van der Waals surface area (Å²) in [4.78, 5) is 0.106. The maximum Gasteiger partial charge on any atom is 0.238 e. The van der Waals surface area contributed by atoms with Crippen molar-refractivity contribution in [1.29, 1.82) is 0 Å². The first-order valence-electron chi connectivity index (χ1n) is 3.59. The zero-order chi connectivity index (χ0) is 9.90. The van der Waals surface area contributed by atoms with Crippen LogP contribution in [0.1, 0.15) is 0 Å². The number of benzene rings is 1. The standard InChI is InChI=1S/C7H11N3O2S/c1-9-10-6-2-4-7(5-3-6)13(8,11)12/h2-5,9-10H,1H3,(H2,8,11,12). The van der Waals surface area contributed by atoms with Crippen molar-refractivity contribution in [2.75, 3.05) is 12.5 Å². The summed E-state index contributed by atoms with van der Waals surface area (Å²) in [6.07, 6.45) is 0. The second-order valence-corrected chi connectivity index (χ2v) is 4.01. The molecule has 0 atom stereocenters. The van der Waals surface area contributed by atoms with Gasteiger partial charge in [0.25, 0.3) is 0 Å². The van der Waals surface area contributed by atoms with Crippen molar-refractivity contribution in [3.63, 3.8) is 0 Å². The molecule has 13 heavy (non-hydrogen) atoms. The first-order chi connectivity index (χ1) is 6.04. The summed E-state index contributed by atoms with van der Waals surface area (Å²) in [7, 11) is -1.87. The molecule has 0 aliphatic carbocycles. The highest BCUT2D eigenvalue weighted by atomic mass is 32.2. The summed E-state index contributed by atoms with van der Waals surface area (Å²) in [5.74, 6) is 0. The second-order valence-electron chi connectivity index (χ2n) is 2.44. The lowest BCUT2D eigenvalue weighted by Gasteiger charge is -2.03. The minimum absolute atomic E-state index is 0.106. The molecular formula is C7H11N3O2S. The number of nitrogens with two attached hydrogens (primary N) is 1. The number of primary sulfonamides is 1. The molecule has 0 heterocycles. The second kappa shape index (κ2) is 3.73. The van der Waals surface area contributed by atoms with Crippen molar-refractivity contribution in [2.45, 2.75) is 4.90 Å². The van der Waals surface area contributed by atoms with E-state index in [9.17, 15) is 8.42 Å². The molecule has 4 N–H and O–H groups in total. The van der Waals surface area contributed by atoms with Crippen LogP contribution >= 0.6 is 0 Å². The highest BCUT2D eigenvalue weighted by Gasteiger charge is 2.05. The fourth-order valence-electron chi connectivity index (χ4n) is 0.872. The Balaban J connectivity index is 2.94. The zero-order valence-electron chi connectivity index (χ0n) is 7.11. The Hall–Kier alpha value is -1.11. The van der Waals surface area contributed by atoms with E-state index in [0.29, 0.717) is 0 Å². The Morgan fingerprint density at radius 1 is 1.23 bits per heavy atom. The van der Waals surface area contributed by atoms with Gasteiger partial charge in [0.1, 0.15) is 0 Å². The Kier molecular flexibility index (Phi) is 2.86. The minimum atomic E-state index is -3.58. The van der Waals surface area contributed by atoms with E-state index >= 15 is 0 Å². The molecule has 0 bridgehead atoms. The number of hydrogen-bond donors (Lipinski definition) is 3. The van der Waals surface area contributed by atoms with Crippen molar-refractivity contribution in [3.8, 4) is 0 Å². The van der Waals surface area contributed by atoms with Crippen LogP contribution in [0.2, 0.25) is 0 Å². The monoisotopic (exact) mass is 201 g/mol. The number of nitrogens with one attached hydrogen (secondary N) is 2. The molecular weight excluding hydrogens is 190 g/mol. The van der Waals surface area contributed by atoms with Gasteiger partial charge < -0.3 is 5.43 Å². The van der Waals surface area contributed by atoms with Gasteiger partial charge in [0.05, 0.1) is 4.90 Å². The normalized spacial score (nSPS) is 11.2. The van der Waals surface area contributed by atoms with Crippen molar-refractivity contribution in [1.82, 2.24) is 5.43 Å². The molecule has 72 valence electrons. The van der Waals surface area contributed by atoms with Crippen LogP contribution in [0.4, 0.5) is 5.69 Å². The summed E-state index contributed by atoms with van der Waals surface area (Å²) >= 11 is 0. The molecule has 0 saturated carbocycles. The highest BCUT2D eigenvalue weighted by molar-refractivity contribution is 7.89. The van der Waals surface area contributed by atoms with Gasteiger partial charge in [0.15, 0.2) is 0 Å². The van der Waals surface area contributed by atoms with Crippen LogP contribution in [0.5, 0.6) is 0 Å². The predicted octanol–water partition coefficient (Wildman–Crippen LogP) is -0.120. The largest absolute Gasteiger partial charge is 0.322 e. The molecule has 0 saturated heterocycles. The van der Waals surface area contributed by atoms with Crippen molar-refractivity contribution in [3.05, 3.63) is 24.3 Å². The molecule has 0 aliphatic rings. The van der Waals surface area contributed by atoms with E-state index in [1.807, 2.05) is 0 Å². The van der Waals surface area contributed by atoms with Gasteiger partial charge >= 0.3 is 0 Å². The molecule has 0 aliphatic heterocycles.